The number of primary amides is 1. The molecule has 5 atom stereocenters. The summed E-state index contributed by atoms with van der Waals surface area (Å²) >= 11 is 0. The monoisotopic (exact) mass is 539 g/mol. The highest BCUT2D eigenvalue weighted by Gasteiger charge is 2.33. The highest BCUT2D eigenvalue weighted by molar-refractivity contribution is 5.95. The predicted octanol–water partition coefficient (Wildman–Crippen LogP) is 0.260. The topological polar surface area (TPSA) is 194 Å². The van der Waals surface area contributed by atoms with Crippen LogP contribution in [0, 0.1) is 5.92 Å². The van der Waals surface area contributed by atoms with E-state index < -0.39 is 60.2 Å². The van der Waals surface area contributed by atoms with Crippen molar-refractivity contribution in [1.82, 2.24) is 16.0 Å². The largest absolute Gasteiger partial charge is 0.480 e. The second-order valence-electron chi connectivity index (χ2n) is 9.49. The number of rotatable bonds is 15. The fraction of sp³-hybridized carbons (Fsp3) is 0.393. The summed E-state index contributed by atoms with van der Waals surface area (Å²) in [5.74, 6) is -4.60. The molecule has 39 heavy (non-hydrogen) atoms. The molecule has 8 N–H and O–H groups in total. The molecule has 0 aliphatic rings. The van der Waals surface area contributed by atoms with E-state index in [2.05, 4.69) is 16.0 Å². The average molecular weight is 540 g/mol. The van der Waals surface area contributed by atoms with Crippen LogP contribution < -0.4 is 27.4 Å². The van der Waals surface area contributed by atoms with E-state index in [4.69, 9.17) is 11.5 Å². The normalized spacial score (nSPS) is 14.6. The SMILES string of the molecule is CCC(C)C(NC(=O)C(N)Cc1ccccc1)C(=O)NC(Cc1ccccc1)C(=O)NC(CC(N)=O)C(=O)O. The van der Waals surface area contributed by atoms with Gasteiger partial charge in [-0.25, -0.2) is 4.79 Å². The van der Waals surface area contributed by atoms with E-state index in [0.29, 0.717) is 12.0 Å². The Kier molecular flexibility index (Phi) is 12.1. The van der Waals surface area contributed by atoms with Crippen molar-refractivity contribution in [1.29, 1.82) is 0 Å². The van der Waals surface area contributed by atoms with Crippen molar-refractivity contribution in [2.75, 3.05) is 0 Å². The fourth-order valence-corrected chi connectivity index (χ4v) is 3.92. The molecule has 2 aromatic carbocycles. The summed E-state index contributed by atoms with van der Waals surface area (Å²) < 4.78 is 0. The van der Waals surface area contributed by atoms with Gasteiger partial charge < -0.3 is 32.5 Å². The van der Waals surface area contributed by atoms with Gasteiger partial charge in [0, 0.05) is 6.42 Å². The van der Waals surface area contributed by atoms with Crippen LogP contribution in [0.25, 0.3) is 0 Å². The zero-order valence-corrected chi connectivity index (χ0v) is 22.1. The minimum absolute atomic E-state index is 0.0377. The van der Waals surface area contributed by atoms with Crippen molar-refractivity contribution in [2.45, 2.75) is 63.7 Å². The molecule has 0 aromatic heterocycles. The first-order valence-electron chi connectivity index (χ1n) is 12.8. The first-order valence-corrected chi connectivity index (χ1v) is 12.8. The van der Waals surface area contributed by atoms with Gasteiger partial charge in [-0.05, 0) is 23.5 Å². The molecule has 0 saturated heterocycles. The Hall–Kier alpha value is -4.25. The Morgan fingerprint density at radius 2 is 1.28 bits per heavy atom. The van der Waals surface area contributed by atoms with Crippen molar-refractivity contribution >= 4 is 29.6 Å². The van der Waals surface area contributed by atoms with Crippen LogP contribution in [0.15, 0.2) is 60.7 Å². The van der Waals surface area contributed by atoms with Gasteiger partial charge >= 0.3 is 5.97 Å². The smallest absolute Gasteiger partial charge is 0.326 e. The van der Waals surface area contributed by atoms with Gasteiger partial charge in [-0.15, -0.1) is 0 Å². The quantitative estimate of drug-likeness (QED) is 0.187. The van der Waals surface area contributed by atoms with Crippen molar-refractivity contribution in [3.63, 3.8) is 0 Å². The van der Waals surface area contributed by atoms with Gasteiger partial charge in [-0.3, -0.25) is 19.2 Å². The molecule has 0 fully saturated rings. The van der Waals surface area contributed by atoms with Gasteiger partial charge in [0.25, 0.3) is 0 Å². The molecule has 0 heterocycles. The lowest BCUT2D eigenvalue weighted by atomic mass is 9.96. The van der Waals surface area contributed by atoms with E-state index in [0.717, 1.165) is 5.56 Å². The number of carboxylic acid groups (broad SMARTS) is 1. The summed E-state index contributed by atoms with van der Waals surface area (Å²) in [5, 5.41) is 17.1. The molecule has 5 unspecified atom stereocenters. The molecule has 0 spiro atoms. The van der Waals surface area contributed by atoms with Gasteiger partial charge in [-0.1, -0.05) is 80.9 Å². The zero-order valence-electron chi connectivity index (χ0n) is 22.1. The van der Waals surface area contributed by atoms with Crippen LogP contribution in [0.4, 0.5) is 0 Å². The molecule has 0 aliphatic carbocycles. The number of carbonyl (C=O) groups excluding carboxylic acids is 4. The molecule has 4 amide bonds. The molecular weight excluding hydrogens is 502 g/mol. The van der Waals surface area contributed by atoms with Crippen LogP contribution in [0.2, 0.25) is 0 Å². The van der Waals surface area contributed by atoms with Gasteiger partial charge in [0.15, 0.2) is 0 Å². The number of carboxylic acids is 1. The van der Waals surface area contributed by atoms with Crippen LogP contribution in [0.1, 0.15) is 37.8 Å². The summed E-state index contributed by atoms with van der Waals surface area (Å²) in [6, 6.07) is 13.4. The molecule has 0 radical (unpaired) electrons. The molecule has 0 aliphatic heterocycles. The van der Waals surface area contributed by atoms with Crippen molar-refractivity contribution < 1.29 is 29.1 Å². The maximum atomic E-state index is 13.4. The van der Waals surface area contributed by atoms with Crippen LogP contribution in [-0.2, 0) is 36.8 Å². The number of amides is 4. The van der Waals surface area contributed by atoms with Crippen LogP contribution in [0.5, 0.6) is 0 Å². The van der Waals surface area contributed by atoms with Crippen LogP contribution in [0.3, 0.4) is 0 Å². The highest BCUT2D eigenvalue weighted by Crippen LogP contribution is 2.11. The van der Waals surface area contributed by atoms with E-state index in [1.807, 2.05) is 37.3 Å². The van der Waals surface area contributed by atoms with E-state index in [9.17, 15) is 29.1 Å². The number of nitrogens with one attached hydrogen (secondary N) is 3. The molecule has 210 valence electrons. The lowest BCUT2D eigenvalue weighted by molar-refractivity contribution is -0.143. The number of benzene rings is 2. The van der Waals surface area contributed by atoms with Crippen molar-refractivity contribution in [3.05, 3.63) is 71.8 Å². The summed E-state index contributed by atoms with van der Waals surface area (Å²) in [5.41, 5.74) is 12.8. The number of aliphatic carboxylic acids is 1. The molecule has 2 aromatic rings. The Morgan fingerprint density at radius 1 is 0.769 bits per heavy atom. The minimum Gasteiger partial charge on any atom is -0.480 e. The predicted molar refractivity (Wildman–Crippen MR) is 145 cm³/mol. The minimum atomic E-state index is -1.56. The summed E-state index contributed by atoms with van der Waals surface area (Å²) in [4.78, 5) is 62.3. The van der Waals surface area contributed by atoms with Crippen molar-refractivity contribution in [2.24, 2.45) is 17.4 Å². The fourth-order valence-electron chi connectivity index (χ4n) is 3.92. The lowest BCUT2D eigenvalue weighted by Gasteiger charge is -2.28. The Balaban J connectivity index is 2.22. The molecule has 0 saturated carbocycles. The summed E-state index contributed by atoms with van der Waals surface area (Å²) in [7, 11) is 0. The third-order valence-corrected chi connectivity index (χ3v) is 6.36. The maximum Gasteiger partial charge on any atom is 0.326 e. The van der Waals surface area contributed by atoms with Crippen LogP contribution >= 0.6 is 0 Å². The summed E-state index contributed by atoms with van der Waals surface area (Å²) in [6.45, 7) is 3.64. The maximum absolute atomic E-state index is 13.4. The molecule has 2 rings (SSSR count). The standard InChI is InChI=1S/C28H37N5O6/c1-3-17(2)24(33-25(35)20(29)14-18-10-6-4-7-11-18)27(37)31-21(15-19-12-8-5-9-13-19)26(36)32-22(28(38)39)16-23(30)34/h4-13,17,20-22,24H,3,14-16,29H2,1-2H3,(H2,30,34)(H,31,37)(H,32,36)(H,33,35)(H,38,39). The number of carbonyl (C=O) groups is 5. The third kappa shape index (κ3) is 10.2. The summed E-state index contributed by atoms with van der Waals surface area (Å²) in [6.07, 6.45) is 0.243. The second-order valence-corrected chi connectivity index (χ2v) is 9.49. The number of nitrogens with two attached hydrogens (primary N) is 2. The first-order chi connectivity index (χ1) is 18.5. The molecular formula is C28H37N5O6. The van der Waals surface area contributed by atoms with Crippen molar-refractivity contribution in [3.8, 4) is 0 Å². The average Bonchev–Trinajstić information content (AvgIpc) is 2.91. The van der Waals surface area contributed by atoms with Gasteiger partial charge in [0.05, 0.1) is 12.5 Å². The number of hydrogen-bond donors (Lipinski definition) is 6. The van der Waals surface area contributed by atoms with Gasteiger partial charge in [-0.2, -0.15) is 0 Å². The van der Waals surface area contributed by atoms with Crippen LogP contribution in [-0.4, -0.2) is 58.9 Å². The Morgan fingerprint density at radius 3 is 1.77 bits per heavy atom. The highest BCUT2D eigenvalue weighted by atomic mass is 16.4. The zero-order chi connectivity index (χ0) is 28.9. The first kappa shape index (κ1) is 31.0. The third-order valence-electron chi connectivity index (χ3n) is 6.36. The number of hydrogen-bond acceptors (Lipinski definition) is 6. The van der Waals surface area contributed by atoms with E-state index in [1.165, 1.54) is 0 Å². The molecule has 11 heteroatoms. The van der Waals surface area contributed by atoms with Gasteiger partial charge in [0.2, 0.25) is 23.6 Å². The Labute approximate surface area is 227 Å². The second kappa shape index (κ2) is 15.2. The lowest BCUT2D eigenvalue weighted by Crippen LogP contribution is -2.59. The van der Waals surface area contributed by atoms with E-state index in [-0.39, 0.29) is 18.8 Å². The Bertz CT molecular complexity index is 1130. The molecule has 11 nitrogen and oxygen atoms in total. The van der Waals surface area contributed by atoms with E-state index in [1.54, 1.807) is 37.3 Å². The van der Waals surface area contributed by atoms with E-state index >= 15 is 0 Å². The van der Waals surface area contributed by atoms with Gasteiger partial charge in [0.1, 0.15) is 18.1 Å². The molecule has 0 bridgehead atoms.